The third-order valence-electron chi connectivity index (χ3n) is 3.14. The molecule has 0 fully saturated rings. The fourth-order valence-corrected chi connectivity index (χ4v) is 2.07. The maximum atomic E-state index is 13.4. The largest absolute Gasteiger partial charge is 0.383 e. The van der Waals surface area contributed by atoms with Gasteiger partial charge in [0.05, 0.1) is 12.3 Å². The van der Waals surface area contributed by atoms with Gasteiger partial charge < -0.3 is 10.1 Å². The summed E-state index contributed by atoms with van der Waals surface area (Å²) >= 11 is 0. The molecule has 0 spiro atoms. The Morgan fingerprint density at radius 2 is 2.00 bits per heavy atom. The van der Waals surface area contributed by atoms with E-state index in [4.69, 9.17) is 4.74 Å². The standard InChI is InChI=1S/C16H20FN3O/c1-11-4-5-13(17)9-15(11)16-19-12(2)8-14(20-16)10-18-6-7-21-3/h4-5,8-9,18H,6-7,10H2,1-3H3. The summed E-state index contributed by atoms with van der Waals surface area (Å²) < 4.78 is 18.4. The first kappa shape index (κ1) is 15.5. The van der Waals surface area contributed by atoms with E-state index in [0.717, 1.165) is 29.1 Å². The van der Waals surface area contributed by atoms with Crippen molar-refractivity contribution in [1.29, 1.82) is 0 Å². The average Bonchev–Trinajstić information content (AvgIpc) is 2.45. The van der Waals surface area contributed by atoms with Gasteiger partial charge in [0.1, 0.15) is 5.82 Å². The van der Waals surface area contributed by atoms with Crippen molar-refractivity contribution in [1.82, 2.24) is 15.3 Å². The van der Waals surface area contributed by atoms with Gasteiger partial charge in [-0.25, -0.2) is 14.4 Å². The fraction of sp³-hybridized carbons (Fsp3) is 0.375. The van der Waals surface area contributed by atoms with Crippen molar-refractivity contribution in [2.75, 3.05) is 20.3 Å². The number of aromatic nitrogens is 2. The highest BCUT2D eigenvalue weighted by molar-refractivity contribution is 5.60. The van der Waals surface area contributed by atoms with Crippen molar-refractivity contribution in [3.63, 3.8) is 0 Å². The molecule has 0 amide bonds. The van der Waals surface area contributed by atoms with Gasteiger partial charge >= 0.3 is 0 Å². The van der Waals surface area contributed by atoms with Crippen molar-refractivity contribution < 1.29 is 9.13 Å². The number of aryl methyl sites for hydroxylation is 2. The minimum Gasteiger partial charge on any atom is -0.383 e. The van der Waals surface area contributed by atoms with Crippen LogP contribution in [0.4, 0.5) is 4.39 Å². The van der Waals surface area contributed by atoms with E-state index in [-0.39, 0.29) is 5.82 Å². The minimum atomic E-state index is -0.277. The Balaban J connectivity index is 2.24. The molecule has 5 heteroatoms. The molecule has 0 saturated heterocycles. The van der Waals surface area contributed by atoms with Crippen LogP contribution in [-0.4, -0.2) is 30.2 Å². The lowest BCUT2D eigenvalue weighted by atomic mass is 10.1. The van der Waals surface area contributed by atoms with Gasteiger partial charge in [0.2, 0.25) is 0 Å². The highest BCUT2D eigenvalue weighted by atomic mass is 19.1. The van der Waals surface area contributed by atoms with Crippen molar-refractivity contribution in [2.45, 2.75) is 20.4 Å². The molecule has 0 aliphatic heterocycles. The summed E-state index contributed by atoms with van der Waals surface area (Å²) in [6.45, 7) is 5.89. The number of benzene rings is 1. The third-order valence-corrected chi connectivity index (χ3v) is 3.14. The minimum absolute atomic E-state index is 0.277. The Hall–Kier alpha value is -1.85. The lowest BCUT2D eigenvalue weighted by molar-refractivity contribution is 0.199. The van der Waals surface area contributed by atoms with Crippen LogP contribution in [0.3, 0.4) is 0 Å². The van der Waals surface area contributed by atoms with E-state index in [1.54, 1.807) is 13.2 Å². The smallest absolute Gasteiger partial charge is 0.160 e. The van der Waals surface area contributed by atoms with Crippen molar-refractivity contribution in [2.24, 2.45) is 0 Å². The summed E-state index contributed by atoms with van der Waals surface area (Å²) in [6.07, 6.45) is 0. The Kier molecular flexibility index (Phi) is 5.36. The molecule has 0 saturated carbocycles. The first-order valence-corrected chi connectivity index (χ1v) is 6.91. The quantitative estimate of drug-likeness (QED) is 0.831. The van der Waals surface area contributed by atoms with Gasteiger partial charge in [0, 0.05) is 31.5 Å². The van der Waals surface area contributed by atoms with Crippen molar-refractivity contribution >= 4 is 0 Å². The lowest BCUT2D eigenvalue weighted by Gasteiger charge is -2.09. The van der Waals surface area contributed by atoms with E-state index in [1.165, 1.54) is 12.1 Å². The summed E-state index contributed by atoms with van der Waals surface area (Å²) in [4.78, 5) is 8.94. The zero-order chi connectivity index (χ0) is 15.2. The molecule has 1 aromatic carbocycles. The monoisotopic (exact) mass is 289 g/mol. The lowest BCUT2D eigenvalue weighted by Crippen LogP contribution is -2.19. The van der Waals surface area contributed by atoms with Crippen molar-refractivity contribution in [3.8, 4) is 11.4 Å². The number of ether oxygens (including phenoxy) is 1. The maximum Gasteiger partial charge on any atom is 0.160 e. The van der Waals surface area contributed by atoms with E-state index >= 15 is 0 Å². The number of nitrogens with zero attached hydrogens (tertiary/aromatic N) is 2. The number of rotatable bonds is 6. The van der Waals surface area contributed by atoms with E-state index in [0.29, 0.717) is 19.0 Å². The molecule has 0 atom stereocenters. The molecule has 2 aromatic rings. The van der Waals surface area contributed by atoms with Crippen LogP contribution in [0.25, 0.3) is 11.4 Å². The Bertz CT molecular complexity index is 616. The number of hydrogen-bond donors (Lipinski definition) is 1. The van der Waals surface area contributed by atoms with Crippen LogP contribution in [0.2, 0.25) is 0 Å². The average molecular weight is 289 g/mol. The zero-order valence-electron chi connectivity index (χ0n) is 12.6. The molecular weight excluding hydrogens is 269 g/mol. The molecule has 0 aliphatic rings. The molecule has 1 N–H and O–H groups in total. The summed E-state index contributed by atoms with van der Waals surface area (Å²) in [6, 6.07) is 6.60. The molecule has 1 aromatic heterocycles. The van der Waals surface area contributed by atoms with Crippen LogP contribution >= 0.6 is 0 Å². The molecule has 21 heavy (non-hydrogen) atoms. The van der Waals surface area contributed by atoms with Crippen LogP contribution in [0.5, 0.6) is 0 Å². The van der Waals surface area contributed by atoms with Gasteiger partial charge in [-0.05, 0) is 37.6 Å². The molecule has 112 valence electrons. The first-order valence-electron chi connectivity index (χ1n) is 6.91. The van der Waals surface area contributed by atoms with E-state index in [2.05, 4.69) is 15.3 Å². The Morgan fingerprint density at radius 3 is 2.76 bits per heavy atom. The highest BCUT2D eigenvalue weighted by Gasteiger charge is 2.09. The third kappa shape index (κ3) is 4.31. The maximum absolute atomic E-state index is 13.4. The van der Waals surface area contributed by atoms with Gasteiger partial charge in [-0.2, -0.15) is 0 Å². The predicted octanol–water partition coefficient (Wildman–Crippen LogP) is 2.64. The van der Waals surface area contributed by atoms with Crippen LogP contribution in [0, 0.1) is 19.7 Å². The summed E-state index contributed by atoms with van der Waals surface area (Å²) in [5.41, 5.74) is 3.45. The van der Waals surface area contributed by atoms with Gasteiger partial charge in [0.15, 0.2) is 5.82 Å². The molecule has 0 radical (unpaired) electrons. The number of nitrogens with one attached hydrogen (secondary N) is 1. The van der Waals surface area contributed by atoms with Gasteiger partial charge in [-0.3, -0.25) is 0 Å². The molecular formula is C16H20FN3O. The number of halogens is 1. The topological polar surface area (TPSA) is 47.0 Å². The summed E-state index contributed by atoms with van der Waals surface area (Å²) in [5.74, 6) is 0.288. The predicted molar refractivity (Wildman–Crippen MR) is 80.5 cm³/mol. The van der Waals surface area contributed by atoms with Crippen LogP contribution in [0.15, 0.2) is 24.3 Å². The van der Waals surface area contributed by atoms with Crippen LogP contribution in [-0.2, 0) is 11.3 Å². The molecule has 2 rings (SSSR count). The van der Waals surface area contributed by atoms with E-state index in [9.17, 15) is 4.39 Å². The normalized spacial score (nSPS) is 10.9. The molecule has 0 unspecified atom stereocenters. The zero-order valence-corrected chi connectivity index (χ0v) is 12.6. The van der Waals surface area contributed by atoms with Gasteiger partial charge in [0.25, 0.3) is 0 Å². The second-order valence-electron chi connectivity index (χ2n) is 4.95. The second kappa shape index (κ2) is 7.24. The fourth-order valence-electron chi connectivity index (χ4n) is 2.07. The number of methoxy groups -OCH3 is 1. The molecule has 1 heterocycles. The van der Waals surface area contributed by atoms with Crippen molar-refractivity contribution in [3.05, 3.63) is 47.0 Å². The molecule has 4 nitrogen and oxygen atoms in total. The molecule has 0 aliphatic carbocycles. The Morgan fingerprint density at radius 1 is 1.19 bits per heavy atom. The summed E-state index contributed by atoms with van der Waals surface area (Å²) in [5, 5.41) is 3.25. The van der Waals surface area contributed by atoms with Crippen LogP contribution < -0.4 is 5.32 Å². The van der Waals surface area contributed by atoms with Gasteiger partial charge in [-0.1, -0.05) is 6.07 Å². The Labute approximate surface area is 124 Å². The van der Waals surface area contributed by atoms with Gasteiger partial charge in [-0.15, -0.1) is 0 Å². The number of hydrogen-bond acceptors (Lipinski definition) is 4. The van der Waals surface area contributed by atoms with E-state index in [1.807, 2.05) is 19.9 Å². The SMILES string of the molecule is COCCNCc1cc(C)nc(-c2cc(F)ccc2C)n1. The van der Waals surface area contributed by atoms with E-state index < -0.39 is 0 Å². The van der Waals surface area contributed by atoms with Crippen LogP contribution in [0.1, 0.15) is 17.0 Å². The second-order valence-corrected chi connectivity index (χ2v) is 4.95. The molecule has 0 bridgehead atoms. The first-order chi connectivity index (χ1) is 10.1. The summed E-state index contributed by atoms with van der Waals surface area (Å²) in [7, 11) is 1.67. The highest BCUT2D eigenvalue weighted by Crippen LogP contribution is 2.21.